The van der Waals surface area contributed by atoms with E-state index in [4.69, 9.17) is 20.8 Å². The third kappa shape index (κ3) is 2.14. The van der Waals surface area contributed by atoms with Crippen molar-refractivity contribution in [3.05, 3.63) is 39.3 Å². The van der Waals surface area contributed by atoms with E-state index in [-0.39, 0.29) is 22.6 Å². The molecule has 7 heteroatoms. The number of hydrogen-bond donors (Lipinski definition) is 0. The molecule has 1 aromatic carbocycles. The predicted molar refractivity (Wildman–Crippen MR) is 63.7 cm³/mol. The minimum Gasteiger partial charge on any atom is -0.452 e. The first kappa shape index (κ1) is 12.4. The molecule has 0 unspecified atom stereocenters. The molecule has 0 aliphatic heterocycles. The molecular formula is C11H9ClN2O4. The molecule has 2 aromatic rings. The number of hydrogen-bond acceptors (Lipinski definition) is 5. The van der Waals surface area contributed by atoms with Crippen molar-refractivity contribution in [3.63, 3.8) is 0 Å². The van der Waals surface area contributed by atoms with Gasteiger partial charge in [0.1, 0.15) is 0 Å². The second-order valence-corrected chi connectivity index (χ2v) is 3.88. The molecule has 0 atom stereocenters. The summed E-state index contributed by atoms with van der Waals surface area (Å²) in [5, 5.41) is 4.06. The molecule has 0 fully saturated rings. The van der Waals surface area contributed by atoms with Gasteiger partial charge in [-0.3, -0.25) is 4.79 Å². The molecule has 94 valence electrons. The molecule has 6 nitrogen and oxygen atoms in total. The summed E-state index contributed by atoms with van der Waals surface area (Å²) in [6.45, 7) is 1.42. The third-order valence-corrected chi connectivity index (χ3v) is 2.60. The summed E-state index contributed by atoms with van der Waals surface area (Å²) in [5.74, 6) is -0.883. The monoisotopic (exact) mass is 268 g/mol. The molecule has 0 saturated heterocycles. The van der Waals surface area contributed by atoms with E-state index in [2.05, 4.69) is 5.10 Å². The first-order chi connectivity index (χ1) is 8.52. The molecule has 1 heterocycles. The Morgan fingerprint density at radius 1 is 1.50 bits per heavy atom. The number of ketones is 1. The quantitative estimate of drug-likeness (QED) is 0.792. The average molecular weight is 269 g/mol. The lowest BCUT2D eigenvalue weighted by atomic mass is 10.1. The van der Waals surface area contributed by atoms with Crippen LogP contribution in [-0.2, 0) is 0 Å². The third-order valence-electron chi connectivity index (χ3n) is 2.28. The summed E-state index contributed by atoms with van der Waals surface area (Å²) in [7, 11) is 1.32. The first-order valence-electron chi connectivity index (χ1n) is 4.98. The van der Waals surface area contributed by atoms with Crippen LogP contribution in [0.4, 0.5) is 0 Å². The number of methoxy groups -OCH3 is 1. The molecule has 0 radical (unpaired) electrons. The van der Waals surface area contributed by atoms with Crippen molar-refractivity contribution in [2.75, 3.05) is 7.11 Å². The van der Waals surface area contributed by atoms with Crippen molar-refractivity contribution >= 4 is 17.4 Å². The van der Waals surface area contributed by atoms with Crippen LogP contribution in [0.3, 0.4) is 0 Å². The lowest BCUT2D eigenvalue weighted by Gasteiger charge is -2.03. The normalized spacial score (nSPS) is 10.4. The summed E-state index contributed by atoms with van der Waals surface area (Å²) < 4.78 is 10.3. The SMILES string of the molecule is COc1nn(-c2cc(C(C)=O)ccc2Cl)c(=O)o1. The highest BCUT2D eigenvalue weighted by atomic mass is 35.5. The van der Waals surface area contributed by atoms with Gasteiger partial charge in [0.2, 0.25) is 0 Å². The molecule has 2 rings (SSSR count). The summed E-state index contributed by atoms with van der Waals surface area (Å²) in [4.78, 5) is 22.8. The van der Waals surface area contributed by atoms with E-state index in [1.165, 1.54) is 26.2 Å². The van der Waals surface area contributed by atoms with Crippen LogP contribution >= 0.6 is 11.6 Å². The van der Waals surface area contributed by atoms with E-state index < -0.39 is 5.76 Å². The Balaban J connectivity index is 2.62. The van der Waals surface area contributed by atoms with Gasteiger partial charge in [-0.1, -0.05) is 16.7 Å². The van der Waals surface area contributed by atoms with Crippen LogP contribution in [0.2, 0.25) is 5.02 Å². The fourth-order valence-corrected chi connectivity index (χ4v) is 1.59. The van der Waals surface area contributed by atoms with Crippen molar-refractivity contribution in [2.24, 2.45) is 0 Å². The van der Waals surface area contributed by atoms with Gasteiger partial charge in [-0.05, 0) is 25.1 Å². The minimum absolute atomic E-state index is 0.142. The van der Waals surface area contributed by atoms with Crippen LogP contribution in [0, 0.1) is 0 Å². The fourth-order valence-electron chi connectivity index (χ4n) is 1.39. The molecule has 1 aromatic heterocycles. The van der Waals surface area contributed by atoms with E-state index in [1.807, 2.05) is 0 Å². The maximum Gasteiger partial charge on any atom is 0.444 e. The fraction of sp³-hybridized carbons (Fsp3) is 0.182. The lowest BCUT2D eigenvalue weighted by Crippen LogP contribution is -2.14. The zero-order chi connectivity index (χ0) is 13.3. The Hall–Kier alpha value is -2.08. The maximum absolute atomic E-state index is 11.5. The molecular weight excluding hydrogens is 260 g/mol. The number of halogens is 1. The van der Waals surface area contributed by atoms with Gasteiger partial charge in [0.05, 0.1) is 17.8 Å². The van der Waals surface area contributed by atoms with Crippen LogP contribution in [-0.4, -0.2) is 22.7 Å². The van der Waals surface area contributed by atoms with Crippen LogP contribution in [0.25, 0.3) is 5.69 Å². The van der Waals surface area contributed by atoms with E-state index in [1.54, 1.807) is 6.07 Å². The van der Waals surface area contributed by atoms with Gasteiger partial charge < -0.3 is 9.15 Å². The van der Waals surface area contributed by atoms with Crippen molar-refractivity contribution in [1.82, 2.24) is 9.78 Å². The Labute approximate surface area is 107 Å². The van der Waals surface area contributed by atoms with E-state index >= 15 is 0 Å². The molecule has 0 saturated carbocycles. The number of benzene rings is 1. The number of carbonyl (C=O) groups excluding carboxylic acids is 1. The molecule has 18 heavy (non-hydrogen) atoms. The van der Waals surface area contributed by atoms with E-state index in [0.29, 0.717) is 5.56 Å². The van der Waals surface area contributed by atoms with Gasteiger partial charge in [-0.2, -0.15) is 4.68 Å². The van der Waals surface area contributed by atoms with Crippen molar-refractivity contribution in [1.29, 1.82) is 0 Å². The Bertz CT molecular complexity index is 659. The van der Waals surface area contributed by atoms with Gasteiger partial charge in [0.15, 0.2) is 5.78 Å². The molecule has 0 aliphatic rings. The zero-order valence-electron chi connectivity index (χ0n) is 9.64. The average Bonchev–Trinajstić information content (AvgIpc) is 2.71. The largest absolute Gasteiger partial charge is 0.452 e. The van der Waals surface area contributed by atoms with Crippen LogP contribution in [0.5, 0.6) is 6.08 Å². The number of Topliss-reactive ketones (excluding diaryl/α,β-unsaturated/α-hetero) is 1. The second kappa shape index (κ2) is 4.66. The molecule has 0 N–H and O–H groups in total. The number of ether oxygens (including phenoxy) is 1. The standard InChI is InChI=1S/C11H9ClN2O4/c1-6(15)7-3-4-8(12)9(5-7)14-11(16)18-10(13-14)17-2/h3-5H,1-2H3. The maximum atomic E-state index is 11.5. The Morgan fingerprint density at radius 3 is 2.78 bits per heavy atom. The molecule has 0 spiro atoms. The molecule has 0 amide bonds. The Morgan fingerprint density at radius 2 is 2.22 bits per heavy atom. The van der Waals surface area contributed by atoms with Gasteiger partial charge in [-0.15, -0.1) is 0 Å². The van der Waals surface area contributed by atoms with Gasteiger partial charge in [0, 0.05) is 5.56 Å². The number of nitrogens with zero attached hydrogens (tertiary/aromatic N) is 2. The second-order valence-electron chi connectivity index (χ2n) is 3.47. The van der Waals surface area contributed by atoms with Gasteiger partial charge in [0.25, 0.3) is 0 Å². The van der Waals surface area contributed by atoms with Crippen LogP contribution in [0.15, 0.2) is 27.4 Å². The number of carbonyl (C=O) groups is 1. The molecule has 0 aliphatic carbocycles. The number of rotatable bonds is 3. The van der Waals surface area contributed by atoms with Crippen LogP contribution < -0.4 is 10.5 Å². The molecule has 0 bridgehead atoms. The topological polar surface area (TPSA) is 74.3 Å². The predicted octanol–water partition coefficient (Wildman–Crippen LogP) is 1.69. The van der Waals surface area contributed by atoms with E-state index in [0.717, 1.165) is 4.68 Å². The van der Waals surface area contributed by atoms with E-state index in [9.17, 15) is 9.59 Å². The van der Waals surface area contributed by atoms with Crippen molar-refractivity contribution in [3.8, 4) is 11.8 Å². The number of aromatic nitrogens is 2. The lowest BCUT2D eigenvalue weighted by molar-refractivity contribution is 0.101. The highest BCUT2D eigenvalue weighted by Gasteiger charge is 2.14. The van der Waals surface area contributed by atoms with Crippen molar-refractivity contribution in [2.45, 2.75) is 6.92 Å². The van der Waals surface area contributed by atoms with Gasteiger partial charge in [-0.25, -0.2) is 4.79 Å². The zero-order valence-corrected chi connectivity index (χ0v) is 10.4. The minimum atomic E-state index is -0.741. The first-order valence-corrected chi connectivity index (χ1v) is 5.35. The summed E-state index contributed by atoms with van der Waals surface area (Å²) >= 11 is 5.97. The summed E-state index contributed by atoms with van der Waals surface area (Å²) in [6.07, 6.45) is -0.177. The Kier molecular flexibility index (Phi) is 3.20. The smallest absolute Gasteiger partial charge is 0.444 e. The van der Waals surface area contributed by atoms with Crippen molar-refractivity contribution < 1.29 is 13.9 Å². The highest BCUT2D eigenvalue weighted by molar-refractivity contribution is 6.32. The summed E-state index contributed by atoms with van der Waals surface area (Å²) in [6, 6.07) is 4.55. The summed E-state index contributed by atoms with van der Waals surface area (Å²) in [5.41, 5.74) is 0.685. The van der Waals surface area contributed by atoms with Crippen LogP contribution in [0.1, 0.15) is 17.3 Å². The van der Waals surface area contributed by atoms with Gasteiger partial charge >= 0.3 is 11.8 Å². The highest BCUT2D eigenvalue weighted by Crippen LogP contribution is 2.21.